The van der Waals surface area contributed by atoms with Crippen LogP contribution in [0.2, 0.25) is 0 Å². The van der Waals surface area contributed by atoms with Crippen molar-refractivity contribution in [2.45, 2.75) is 12.6 Å². The van der Waals surface area contributed by atoms with Crippen LogP contribution in [0.4, 0.5) is 13.2 Å². The first kappa shape index (κ1) is 15.9. The Bertz CT molecular complexity index is 627. The van der Waals surface area contributed by atoms with Gasteiger partial charge in [-0.25, -0.2) is 0 Å². The maximum Gasteiger partial charge on any atom is 0.419 e. The minimum Gasteiger partial charge on any atom is -0.456 e. The number of hydrogen-bond donors (Lipinski definition) is 1. The first-order valence-electron chi connectivity index (χ1n) is 6.15. The summed E-state index contributed by atoms with van der Waals surface area (Å²) >= 11 is 3.14. The lowest BCUT2D eigenvalue weighted by atomic mass is 10.1. The van der Waals surface area contributed by atoms with Gasteiger partial charge in [-0.15, -0.1) is 0 Å². The van der Waals surface area contributed by atoms with Crippen LogP contribution >= 0.6 is 15.9 Å². The molecule has 0 saturated heterocycles. The van der Waals surface area contributed by atoms with Crippen molar-refractivity contribution in [1.82, 2.24) is 0 Å². The van der Waals surface area contributed by atoms with Crippen LogP contribution in [-0.4, -0.2) is 11.7 Å². The van der Waals surface area contributed by atoms with Crippen LogP contribution in [0.15, 0.2) is 46.9 Å². The van der Waals surface area contributed by atoms with E-state index in [0.717, 1.165) is 6.07 Å². The fraction of sp³-hybridized carbons (Fsp3) is 0.200. The summed E-state index contributed by atoms with van der Waals surface area (Å²) in [5.41, 5.74) is -0.197. The number of hydrogen-bond acceptors (Lipinski definition) is 2. The number of para-hydroxylation sites is 1. The van der Waals surface area contributed by atoms with Crippen LogP contribution in [0.3, 0.4) is 0 Å². The molecular weight excluding hydrogens is 349 g/mol. The zero-order valence-corrected chi connectivity index (χ0v) is 12.4. The third kappa shape index (κ3) is 3.98. The van der Waals surface area contributed by atoms with Crippen molar-refractivity contribution in [3.8, 4) is 11.5 Å². The van der Waals surface area contributed by atoms with Crippen molar-refractivity contribution >= 4 is 15.9 Å². The molecule has 2 aromatic rings. The molecule has 21 heavy (non-hydrogen) atoms. The molecule has 0 aromatic heterocycles. The Morgan fingerprint density at radius 3 is 2.43 bits per heavy atom. The Morgan fingerprint density at radius 2 is 1.76 bits per heavy atom. The van der Waals surface area contributed by atoms with Crippen LogP contribution in [-0.2, 0) is 12.6 Å². The summed E-state index contributed by atoms with van der Waals surface area (Å²) in [6.07, 6.45) is -4.19. The molecule has 0 aliphatic rings. The van der Waals surface area contributed by atoms with Gasteiger partial charge in [-0.3, -0.25) is 0 Å². The third-order valence-electron chi connectivity index (χ3n) is 2.82. The number of alkyl halides is 3. The second kappa shape index (κ2) is 6.49. The zero-order valence-electron chi connectivity index (χ0n) is 10.8. The summed E-state index contributed by atoms with van der Waals surface area (Å²) in [5, 5.41) is 9.00. The second-order valence-electron chi connectivity index (χ2n) is 4.32. The number of aliphatic hydroxyl groups excluding tert-OH is 1. The fourth-order valence-electron chi connectivity index (χ4n) is 1.86. The Kier molecular flexibility index (Phi) is 4.90. The predicted molar refractivity (Wildman–Crippen MR) is 76.4 cm³/mol. The van der Waals surface area contributed by atoms with Gasteiger partial charge in [-0.05, 0) is 36.2 Å². The van der Waals surface area contributed by atoms with E-state index in [1.807, 2.05) is 0 Å². The summed E-state index contributed by atoms with van der Waals surface area (Å²) in [4.78, 5) is 0. The van der Waals surface area contributed by atoms with Crippen molar-refractivity contribution in [2.75, 3.05) is 6.61 Å². The molecule has 2 aromatic carbocycles. The highest BCUT2D eigenvalue weighted by Crippen LogP contribution is 2.40. The van der Waals surface area contributed by atoms with Crippen molar-refractivity contribution in [1.29, 1.82) is 0 Å². The van der Waals surface area contributed by atoms with Gasteiger partial charge in [0.15, 0.2) is 0 Å². The average Bonchev–Trinajstić information content (AvgIpc) is 2.40. The van der Waals surface area contributed by atoms with E-state index in [1.165, 1.54) is 12.1 Å². The second-order valence-corrected chi connectivity index (χ2v) is 5.24. The van der Waals surface area contributed by atoms with Crippen molar-refractivity contribution in [3.05, 3.63) is 58.1 Å². The maximum absolute atomic E-state index is 13.0. The zero-order chi connectivity index (χ0) is 15.5. The SMILES string of the molecule is OCCc1ccccc1Oc1cc(Br)ccc1C(F)(F)F. The molecule has 0 aliphatic heterocycles. The first-order valence-corrected chi connectivity index (χ1v) is 6.94. The molecule has 112 valence electrons. The van der Waals surface area contributed by atoms with Crippen molar-refractivity contribution < 1.29 is 23.0 Å². The Morgan fingerprint density at radius 1 is 1.05 bits per heavy atom. The molecule has 0 bridgehead atoms. The van der Waals surface area contributed by atoms with Crippen LogP contribution in [0.25, 0.3) is 0 Å². The van der Waals surface area contributed by atoms with Gasteiger partial charge < -0.3 is 9.84 Å². The lowest BCUT2D eigenvalue weighted by Gasteiger charge is -2.16. The number of benzene rings is 2. The summed E-state index contributed by atoms with van der Waals surface area (Å²) in [6, 6.07) is 10.2. The first-order chi connectivity index (χ1) is 9.91. The van der Waals surface area contributed by atoms with Crippen LogP contribution < -0.4 is 4.74 Å². The minimum atomic E-state index is -4.50. The van der Waals surface area contributed by atoms with E-state index in [4.69, 9.17) is 9.84 Å². The molecule has 0 fully saturated rings. The van der Waals surface area contributed by atoms with Crippen LogP contribution in [0.5, 0.6) is 11.5 Å². The molecule has 0 amide bonds. The quantitative estimate of drug-likeness (QED) is 0.848. The van der Waals surface area contributed by atoms with E-state index in [-0.39, 0.29) is 12.4 Å². The van der Waals surface area contributed by atoms with E-state index >= 15 is 0 Å². The molecule has 0 aliphatic carbocycles. The molecule has 2 rings (SSSR count). The molecule has 0 spiro atoms. The largest absolute Gasteiger partial charge is 0.456 e. The van der Waals surface area contributed by atoms with Gasteiger partial charge in [0, 0.05) is 11.1 Å². The molecule has 1 N–H and O–H groups in total. The highest BCUT2D eigenvalue weighted by Gasteiger charge is 2.34. The molecule has 6 heteroatoms. The highest BCUT2D eigenvalue weighted by molar-refractivity contribution is 9.10. The van der Waals surface area contributed by atoms with Crippen LogP contribution in [0, 0.1) is 0 Å². The summed E-state index contributed by atoms with van der Waals surface area (Å²) in [6.45, 7) is -0.106. The van der Waals surface area contributed by atoms with E-state index in [1.54, 1.807) is 24.3 Å². The van der Waals surface area contributed by atoms with Gasteiger partial charge in [0.1, 0.15) is 11.5 Å². The minimum absolute atomic E-state index is 0.106. The monoisotopic (exact) mass is 360 g/mol. The van der Waals surface area contributed by atoms with Gasteiger partial charge >= 0.3 is 6.18 Å². The standard InChI is InChI=1S/C15H12BrF3O2/c16-11-5-6-12(15(17,18)19)14(9-11)21-13-4-2-1-3-10(13)7-8-20/h1-6,9,20H,7-8H2. The molecule has 0 unspecified atom stereocenters. The summed E-state index contributed by atoms with van der Waals surface area (Å²) < 4.78 is 44.9. The number of aliphatic hydroxyl groups is 1. The van der Waals surface area contributed by atoms with Gasteiger partial charge in [-0.2, -0.15) is 13.2 Å². The molecule has 0 heterocycles. The van der Waals surface area contributed by atoms with Crippen LogP contribution in [0.1, 0.15) is 11.1 Å². The van der Waals surface area contributed by atoms with Gasteiger partial charge in [0.2, 0.25) is 0 Å². The van der Waals surface area contributed by atoms with E-state index in [0.29, 0.717) is 22.2 Å². The van der Waals surface area contributed by atoms with Gasteiger partial charge in [-0.1, -0.05) is 34.1 Å². The third-order valence-corrected chi connectivity index (χ3v) is 3.32. The predicted octanol–water partition coefficient (Wildman–Crippen LogP) is 4.80. The normalized spacial score (nSPS) is 11.5. The lowest BCUT2D eigenvalue weighted by molar-refractivity contribution is -0.138. The van der Waals surface area contributed by atoms with Crippen molar-refractivity contribution in [3.63, 3.8) is 0 Å². The highest BCUT2D eigenvalue weighted by atomic mass is 79.9. The topological polar surface area (TPSA) is 29.5 Å². The molecular formula is C15H12BrF3O2. The summed E-state index contributed by atoms with van der Waals surface area (Å²) in [5.74, 6) is 0.0254. The van der Waals surface area contributed by atoms with E-state index in [2.05, 4.69) is 15.9 Å². The summed E-state index contributed by atoms with van der Waals surface area (Å²) in [7, 11) is 0. The molecule has 0 radical (unpaired) electrons. The fourth-order valence-corrected chi connectivity index (χ4v) is 2.20. The Labute approximate surface area is 128 Å². The van der Waals surface area contributed by atoms with Gasteiger partial charge in [0.05, 0.1) is 5.56 Å². The molecule has 0 atom stereocenters. The number of ether oxygens (including phenoxy) is 1. The Balaban J connectivity index is 2.42. The Hall–Kier alpha value is -1.53. The molecule has 2 nitrogen and oxygen atoms in total. The smallest absolute Gasteiger partial charge is 0.419 e. The van der Waals surface area contributed by atoms with E-state index in [9.17, 15) is 13.2 Å². The number of rotatable bonds is 4. The lowest BCUT2D eigenvalue weighted by Crippen LogP contribution is -2.07. The average molecular weight is 361 g/mol. The molecule has 0 saturated carbocycles. The van der Waals surface area contributed by atoms with Gasteiger partial charge in [0.25, 0.3) is 0 Å². The van der Waals surface area contributed by atoms with Crippen molar-refractivity contribution in [2.24, 2.45) is 0 Å². The van der Waals surface area contributed by atoms with E-state index < -0.39 is 11.7 Å². The maximum atomic E-state index is 13.0. The number of halogens is 4.